The summed E-state index contributed by atoms with van der Waals surface area (Å²) in [6.45, 7) is 1.99. The molecule has 2 heterocycles. The molecule has 0 unspecified atom stereocenters. The SMILES string of the molecule is Cc1ccsc1C=NNC(=O)CSc1nc2ccccc2c(=O)n1-c1ccccc1. The van der Waals surface area contributed by atoms with E-state index in [9.17, 15) is 9.59 Å². The number of aromatic nitrogens is 2. The number of nitrogens with zero attached hydrogens (tertiary/aromatic N) is 3. The summed E-state index contributed by atoms with van der Waals surface area (Å²) in [5, 5.41) is 6.98. The molecule has 0 saturated heterocycles. The predicted molar refractivity (Wildman–Crippen MR) is 123 cm³/mol. The molecule has 2 aromatic heterocycles. The first-order chi connectivity index (χ1) is 14.6. The second kappa shape index (κ2) is 9.06. The van der Waals surface area contributed by atoms with Gasteiger partial charge in [-0.1, -0.05) is 42.1 Å². The number of para-hydroxylation sites is 2. The maximum atomic E-state index is 13.1. The van der Waals surface area contributed by atoms with Gasteiger partial charge in [-0.05, 0) is 48.2 Å². The number of rotatable bonds is 6. The first-order valence-electron chi connectivity index (χ1n) is 9.19. The highest BCUT2D eigenvalue weighted by Crippen LogP contribution is 2.21. The Labute approximate surface area is 181 Å². The Balaban J connectivity index is 1.57. The Morgan fingerprint density at radius 1 is 1.17 bits per heavy atom. The second-order valence-electron chi connectivity index (χ2n) is 6.44. The van der Waals surface area contributed by atoms with E-state index < -0.39 is 0 Å². The molecular formula is C22H18N4O2S2. The molecule has 30 heavy (non-hydrogen) atoms. The van der Waals surface area contributed by atoms with Crippen molar-refractivity contribution in [1.29, 1.82) is 0 Å². The highest BCUT2D eigenvalue weighted by molar-refractivity contribution is 7.99. The third-order valence-corrected chi connectivity index (χ3v) is 6.26. The minimum absolute atomic E-state index is 0.0817. The fourth-order valence-corrected chi connectivity index (χ4v) is 4.45. The summed E-state index contributed by atoms with van der Waals surface area (Å²) in [4.78, 5) is 31.0. The van der Waals surface area contributed by atoms with Crippen LogP contribution in [0.4, 0.5) is 0 Å². The van der Waals surface area contributed by atoms with E-state index in [1.807, 2.05) is 60.8 Å². The van der Waals surface area contributed by atoms with Crippen LogP contribution in [0.2, 0.25) is 0 Å². The minimum atomic E-state index is -0.271. The zero-order valence-electron chi connectivity index (χ0n) is 16.1. The van der Waals surface area contributed by atoms with Crippen LogP contribution in [0, 0.1) is 6.92 Å². The number of carbonyl (C=O) groups is 1. The first kappa shape index (κ1) is 20.1. The van der Waals surface area contributed by atoms with Crippen LogP contribution in [0.5, 0.6) is 0 Å². The Bertz CT molecular complexity index is 1280. The van der Waals surface area contributed by atoms with Crippen LogP contribution in [0.15, 0.2) is 81.1 Å². The molecule has 2 aromatic carbocycles. The molecule has 1 N–H and O–H groups in total. The molecule has 0 aliphatic carbocycles. The molecule has 4 rings (SSSR count). The summed E-state index contributed by atoms with van der Waals surface area (Å²) in [7, 11) is 0. The van der Waals surface area contributed by atoms with Crippen LogP contribution in [0.3, 0.4) is 0 Å². The van der Waals surface area contributed by atoms with Gasteiger partial charge in [0.15, 0.2) is 5.16 Å². The number of nitrogens with one attached hydrogen (secondary N) is 1. The fraction of sp³-hybridized carbons (Fsp3) is 0.0909. The zero-order valence-corrected chi connectivity index (χ0v) is 17.7. The van der Waals surface area contributed by atoms with Crippen molar-refractivity contribution in [2.75, 3.05) is 5.75 Å². The molecule has 0 spiro atoms. The van der Waals surface area contributed by atoms with Crippen molar-refractivity contribution in [1.82, 2.24) is 15.0 Å². The smallest absolute Gasteiger partial charge is 0.266 e. The Hall–Kier alpha value is -3.23. The van der Waals surface area contributed by atoms with Crippen LogP contribution in [0.25, 0.3) is 16.6 Å². The van der Waals surface area contributed by atoms with Crippen LogP contribution in [0.1, 0.15) is 10.4 Å². The third kappa shape index (κ3) is 4.34. The lowest BCUT2D eigenvalue weighted by Gasteiger charge is -2.12. The van der Waals surface area contributed by atoms with Gasteiger partial charge in [-0.25, -0.2) is 10.4 Å². The molecule has 0 radical (unpaired) electrons. The van der Waals surface area contributed by atoms with Gasteiger partial charge in [0.1, 0.15) is 0 Å². The van der Waals surface area contributed by atoms with E-state index in [4.69, 9.17) is 0 Å². The van der Waals surface area contributed by atoms with Gasteiger partial charge >= 0.3 is 0 Å². The van der Waals surface area contributed by atoms with E-state index >= 15 is 0 Å². The van der Waals surface area contributed by atoms with E-state index in [1.54, 1.807) is 34.3 Å². The quantitative estimate of drug-likeness (QED) is 0.215. The summed E-state index contributed by atoms with van der Waals surface area (Å²) in [6, 6.07) is 18.5. The van der Waals surface area contributed by atoms with Crippen LogP contribution >= 0.6 is 23.1 Å². The number of thiophene rings is 1. The third-order valence-electron chi connectivity index (χ3n) is 4.36. The fourth-order valence-electron chi connectivity index (χ4n) is 2.86. The van der Waals surface area contributed by atoms with Crippen molar-refractivity contribution in [3.05, 3.63) is 86.8 Å². The summed E-state index contributed by atoms with van der Waals surface area (Å²) < 4.78 is 1.54. The van der Waals surface area contributed by atoms with Crippen molar-refractivity contribution in [2.24, 2.45) is 5.10 Å². The lowest BCUT2D eigenvalue weighted by molar-refractivity contribution is -0.118. The summed E-state index contributed by atoms with van der Waals surface area (Å²) in [5.41, 5.74) is 4.78. The highest BCUT2D eigenvalue weighted by atomic mass is 32.2. The lowest BCUT2D eigenvalue weighted by Crippen LogP contribution is -2.24. The Morgan fingerprint density at radius 2 is 1.93 bits per heavy atom. The molecule has 0 bridgehead atoms. The Kier molecular flexibility index (Phi) is 6.06. The molecule has 150 valence electrons. The largest absolute Gasteiger partial charge is 0.272 e. The Morgan fingerprint density at radius 3 is 2.70 bits per heavy atom. The number of carbonyl (C=O) groups excluding carboxylic acids is 1. The normalized spacial score (nSPS) is 11.2. The van der Waals surface area contributed by atoms with Gasteiger partial charge in [0.05, 0.1) is 28.6 Å². The van der Waals surface area contributed by atoms with Crippen molar-refractivity contribution in [3.63, 3.8) is 0 Å². The average molecular weight is 435 g/mol. The van der Waals surface area contributed by atoms with Crippen molar-refractivity contribution >= 4 is 46.1 Å². The molecule has 6 nitrogen and oxygen atoms in total. The highest BCUT2D eigenvalue weighted by Gasteiger charge is 2.14. The molecule has 0 aliphatic rings. The molecule has 4 aromatic rings. The standard InChI is InChI=1S/C22H18N4O2S2/c1-15-11-12-29-19(15)13-23-25-20(27)14-30-22-24-18-10-6-5-9-17(18)21(28)26(22)16-7-3-2-4-8-16/h2-13H,14H2,1H3,(H,25,27). The average Bonchev–Trinajstić information content (AvgIpc) is 3.17. The summed E-state index contributed by atoms with van der Waals surface area (Å²) in [5.74, 6) is -0.189. The first-order valence-corrected chi connectivity index (χ1v) is 11.1. The molecule has 0 atom stereocenters. The predicted octanol–water partition coefficient (Wildman–Crippen LogP) is 4.00. The van der Waals surface area contributed by atoms with Gasteiger partial charge in [0.25, 0.3) is 11.5 Å². The van der Waals surface area contributed by atoms with E-state index in [0.717, 1.165) is 10.4 Å². The van der Waals surface area contributed by atoms with Gasteiger partial charge in [-0.15, -0.1) is 11.3 Å². The second-order valence-corrected chi connectivity index (χ2v) is 8.33. The van der Waals surface area contributed by atoms with Crippen molar-refractivity contribution in [3.8, 4) is 5.69 Å². The van der Waals surface area contributed by atoms with Crippen LogP contribution in [-0.2, 0) is 4.79 Å². The molecule has 0 aliphatic heterocycles. The number of benzene rings is 2. The van der Waals surface area contributed by atoms with Gasteiger partial charge < -0.3 is 0 Å². The molecule has 1 amide bonds. The molecule has 8 heteroatoms. The van der Waals surface area contributed by atoms with E-state index in [-0.39, 0.29) is 17.2 Å². The molecule has 0 fully saturated rings. The van der Waals surface area contributed by atoms with Gasteiger partial charge in [0.2, 0.25) is 0 Å². The van der Waals surface area contributed by atoms with E-state index in [0.29, 0.717) is 21.7 Å². The zero-order chi connectivity index (χ0) is 20.9. The van der Waals surface area contributed by atoms with Crippen LogP contribution < -0.4 is 11.0 Å². The number of amides is 1. The van der Waals surface area contributed by atoms with Gasteiger partial charge in [0, 0.05) is 4.88 Å². The minimum Gasteiger partial charge on any atom is -0.272 e. The number of thioether (sulfide) groups is 1. The van der Waals surface area contributed by atoms with Gasteiger partial charge in [-0.2, -0.15) is 5.10 Å². The van der Waals surface area contributed by atoms with E-state index in [2.05, 4.69) is 15.5 Å². The molecular weight excluding hydrogens is 416 g/mol. The number of fused-ring (bicyclic) bond motifs is 1. The summed E-state index contributed by atoms with van der Waals surface area (Å²) in [6.07, 6.45) is 1.64. The van der Waals surface area contributed by atoms with E-state index in [1.165, 1.54) is 11.8 Å². The van der Waals surface area contributed by atoms with Gasteiger partial charge in [-0.3, -0.25) is 14.2 Å². The summed E-state index contributed by atoms with van der Waals surface area (Å²) >= 11 is 2.76. The number of hydrazone groups is 1. The number of aryl methyl sites for hydroxylation is 1. The number of hydrogen-bond acceptors (Lipinski definition) is 6. The number of hydrogen-bond donors (Lipinski definition) is 1. The monoisotopic (exact) mass is 434 g/mol. The topological polar surface area (TPSA) is 76.3 Å². The maximum absolute atomic E-state index is 13.1. The lowest BCUT2D eigenvalue weighted by atomic mass is 10.2. The molecule has 0 saturated carbocycles. The van der Waals surface area contributed by atoms with Crippen molar-refractivity contribution in [2.45, 2.75) is 12.1 Å². The van der Waals surface area contributed by atoms with Crippen LogP contribution in [-0.4, -0.2) is 27.4 Å². The van der Waals surface area contributed by atoms with Crippen molar-refractivity contribution < 1.29 is 4.79 Å². The maximum Gasteiger partial charge on any atom is 0.266 e.